The van der Waals surface area contributed by atoms with Crippen molar-refractivity contribution in [2.75, 3.05) is 0 Å². The fourth-order valence-electron chi connectivity index (χ4n) is 3.72. The normalized spacial score (nSPS) is 30.7. The van der Waals surface area contributed by atoms with E-state index in [4.69, 9.17) is 0 Å². The van der Waals surface area contributed by atoms with Crippen LogP contribution in [0.5, 0.6) is 0 Å². The van der Waals surface area contributed by atoms with Crippen molar-refractivity contribution in [3.05, 3.63) is 23.7 Å². The van der Waals surface area contributed by atoms with Crippen molar-refractivity contribution < 1.29 is 0 Å². The number of H-pyrrole nitrogens is 1. The SMILES string of the molecule is Cc1cnc2nc(C3CC4CCCCC4N3)[nH]c2c1. The maximum Gasteiger partial charge on any atom is 0.177 e. The lowest BCUT2D eigenvalue weighted by atomic mass is 9.85. The molecule has 0 aromatic carbocycles. The average Bonchev–Trinajstić information content (AvgIpc) is 3.00. The Morgan fingerprint density at radius 2 is 2.16 bits per heavy atom. The minimum Gasteiger partial charge on any atom is -0.339 e. The summed E-state index contributed by atoms with van der Waals surface area (Å²) in [6, 6.07) is 3.23. The zero-order valence-corrected chi connectivity index (χ0v) is 11.3. The van der Waals surface area contributed by atoms with Gasteiger partial charge in [-0.1, -0.05) is 12.8 Å². The largest absolute Gasteiger partial charge is 0.339 e. The van der Waals surface area contributed by atoms with Crippen molar-refractivity contribution in [2.45, 2.75) is 51.1 Å². The molecule has 0 spiro atoms. The second-order valence-corrected chi connectivity index (χ2v) is 6.11. The maximum absolute atomic E-state index is 4.66. The van der Waals surface area contributed by atoms with Crippen LogP contribution in [0.15, 0.2) is 12.3 Å². The molecule has 3 heterocycles. The Labute approximate surface area is 113 Å². The molecule has 2 aromatic heterocycles. The van der Waals surface area contributed by atoms with Gasteiger partial charge in [-0.2, -0.15) is 0 Å². The summed E-state index contributed by atoms with van der Waals surface area (Å²) in [6.07, 6.45) is 8.60. The Morgan fingerprint density at radius 1 is 1.26 bits per heavy atom. The third-order valence-corrected chi connectivity index (χ3v) is 4.69. The second-order valence-electron chi connectivity index (χ2n) is 6.11. The molecule has 4 rings (SSSR count). The Bertz CT molecular complexity index is 589. The van der Waals surface area contributed by atoms with E-state index in [-0.39, 0.29) is 0 Å². The number of pyridine rings is 1. The number of aromatic nitrogens is 3. The fourth-order valence-corrected chi connectivity index (χ4v) is 3.72. The summed E-state index contributed by atoms with van der Waals surface area (Å²) in [5.74, 6) is 1.92. The van der Waals surface area contributed by atoms with Gasteiger partial charge in [0, 0.05) is 12.2 Å². The zero-order valence-electron chi connectivity index (χ0n) is 11.3. The van der Waals surface area contributed by atoms with Gasteiger partial charge in [0.1, 0.15) is 5.82 Å². The van der Waals surface area contributed by atoms with Crippen molar-refractivity contribution in [1.29, 1.82) is 0 Å². The van der Waals surface area contributed by atoms with Gasteiger partial charge in [-0.3, -0.25) is 0 Å². The van der Waals surface area contributed by atoms with Gasteiger partial charge >= 0.3 is 0 Å². The lowest BCUT2D eigenvalue weighted by Gasteiger charge is -2.24. The lowest BCUT2D eigenvalue weighted by Crippen LogP contribution is -2.30. The van der Waals surface area contributed by atoms with Gasteiger partial charge < -0.3 is 10.3 Å². The van der Waals surface area contributed by atoms with Crippen LogP contribution in [0.4, 0.5) is 0 Å². The number of imidazole rings is 1. The van der Waals surface area contributed by atoms with Crippen LogP contribution in [0.25, 0.3) is 11.2 Å². The molecule has 0 amide bonds. The van der Waals surface area contributed by atoms with Gasteiger partial charge in [-0.15, -0.1) is 0 Å². The van der Waals surface area contributed by atoms with Gasteiger partial charge in [0.05, 0.1) is 11.6 Å². The molecule has 0 radical (unpaired) electrons. The van der Waals surface area contributed by atoms with Gasteiger partial charge in [0.2, 0.25) is 0 Å². The summed E-state index contributed by atoms with van der Waals surface area (Å²) < 4.78 is 0. The van der Waals surface area contributed by atoms with Gasteiger partial charge in [-0.05, 0) is 43.7 Å². The van der Waals surface area contributed by atoms with Crippen LogP contribution in [0.1, 0.15) is 49.5 Å². The maximum atomic E-state index is 4.66. The molecule has 2 N–H and O–H groups in total. The first-order valence-corrected chi connectivity index (χ1v) is 7.38. The zero-order chi connectivity index (χ0) is 12.8. The summed E-state index contributed by atoms with van der Waals surface area (Å²) in [4.78, 5) is 12.5. The molecule has 0 bridgehead atoms. The molecule has 2 fully saturated rings. The summed E-state index contributed by atoms with van der Waals surface area (Å²) in [5.41, 5.74) is 3.08. The molecule has 1 aliphatic heterocycles. The van der Waals surface area contributed by atoms with Crippen molar-refractivity contribution in [2.24, 2.45) is 5.92 Å². The molecule has 1 saturated heterocycles. The van der Waals surface area contributed by atoms with Crippen LogP contribution in [-0.2, 0) is 0 Å². The van der Waals surface area contributed by atoms with Crippen molar-refractivity contribution in [1.82, 2.24) is 20.3 Å². The molecule has 4 heteroatoms. The first kappa shape index (κ1) is 11.4. The van der Waals surface area contributed by atoms with Crippen LogP contribution >= 0.6 is 0 Å². The van der Waals surface area contributed by atoms with E-state index in [0.717, 1.165) is 22.9 Å². The van der Waals surface area contributed by atoms with E-state index in [9.17, 15) is 0 Å². The Morgan fingerprint density at radius 3 is 3.05 bits per heavy atom. The Balaban J connectivity index is 1.64. The monoisotopic (exact) mass is 256 g/mol. The van der Waals surface area contributed by atoms with Crippen molar-refractivity contribution in [3.8, 4) is 0 Å². The number of aromatic amines is 1. The van der Waals surface area contributed by atoms with E-state index in [0.29, 0.717) is 12.1 Å². The lowest BCUT2D eigenvalue weighted by molar-refractivity contribution is 0.325. The molecule has 100 valence electrons. The van der Waals surface area contributed by atoms with E-state index in [1.807, 2.05) is 6.20 Å². The molecule has 2 aromatic rings. The van der Waals surface area contributed by atoms with Crippen LogP contribution in [0.3, 0.4) is 0 Å². The van der Waals surface area contributed by atoms with Crippen LogP contribution < -0.4 is 5.32 Å². The third-order valence-electron chi connectivity index (χ3n) is 4.69. The van der Waals surface area contributed by atoms with Crippen molar-refractivity contribution >= 4 is 11.2 Å². The molecule has 19 heavy (non-hydrogen) atoms. The highest BCUT2D eigenvalue weighted by atomic mass is 15.1. The van der Waals surface area contributed by atoms with E-state index in [1.54, 1.807) is 0 Å². The number of nitrogens with one attached hydrogen (secondary N) is 2. The van der Waals surface area contributed by atoms with E-state index in [2.05, 4.69) is 33.3 Å². The molecular formula is C15H20N4. The Hall–Kier alpha value is -1.42. The number of aryl methyl sites for hydroxylation is 1. The van der Waals surface area contributed by atoms with Crippen LogP contribution in [-0.4, -0.2) is 21.0 Å². The third kappa shape index (κ3) is 1.94. The molecule has 3 atom stereocenters. The topological polar surface area (TPSA) is 53.6 Å². The second kappa shape index (κ2) is 4.30. The highest BCUT2D eigenvalue weighted by molar-refractivity contribution is 5.71. The summed E-state index contributed by atoms with van der Waals surface area (Å²) in [7, 11) is 0. The van der Waals surface area contributed by atoms with E-state index in [1.165, 1.54) is 37.7 Å². The predicted molar refractivity (Wildman–Crippen MR) is 74.9 cm³/mol. The fraction of sp³-hybridized carbons (Fsp3) is 0.600. The van der Waals surface area contributed by atoms with Crippen LogP contribution in [0, 0.1) is 12.8 Å². The number of rotatable bonds is 1. The summed E-state index contributed by atoms with van der Waals surface area (Å²) in [5, 5.41) is 3.76. The summed E-state index contributed by atoms with van der Waals surface area (Å²) >= 11 is 0. The molecule has 2 aliphatic rings. The molecule has 1 aliphatic carbocycles. The van der Waals surface area contributed by atoms with E-state index >= 15 is 0 Å². The smallest absolute Gasteiger partial charge is 0.177 e. The van der Waals surface area contributed by atoms with Gasteiger partial charge in [0.15, 0.2) is 5.65 Å². The quantitative estimate of drug-likeness (QED) is 0.825. The first-order valence-electron chi connectivity index (χ1n) is 7.38. The molecule has 4 nitrogen and oxygen atoms in total. The number of hydrogen-bond donors (Lipinski definition) is 2. The van der Waals surface area contributed by atoms with Crippen molar-refractivity contribution in [3.63, 3.8) is 0 Å². The number of fused-ring (bicyclic) bond motifs is 2. The first-order chi connectivity index (χ1) is 9.29. The molecule has 1 saturated carbocycles. The predicted octanol–water partition coefficient (Wildman–Crippen LogP) is 2.86. The standard InChI is InChI=1S/C15H20N4/c1-9-6-12-14(16-8-9)19-15(18-12)13-7-10-4-2-3-5-11(10)17-13/h6,8,10-11,13,17H,2-5,7H2,1H3,(H,16,18,19). The summed E-state index contributed by atoms with van der Waals surface area (Å²) in [6.45, 7) is 2.06. The minimum atomic E-state index is 0.391. The Kier molecular flexibility index (Phi) is 2.58. The van der Waals surface area contributed by atoms with E-state index < -0.39 is 0 Å². The number of nitrogens with zero attached hydrogens (tertiary/aromatic N) is 2. The molecular weight excluding hydrogens is 236 g/mol. The van der Waals surface area contributed by atoms with Gasteiger partial charge in [0.25, 0.3) is 0 Å². The van der Waals surface area contributed by atoms with Crippen LogP contribution in [0.2, 0.25) is 0 Å². The highest BCUT2D eigenvalue weighted by Gasteiger charge is 2.36. The highest BCUT2D eigenvalue weighted by Crippen LogP contribution is 2.38. The molecule has 3 unspecified atom stereocenters. The minimum absolute atomic E-state index is 0.391. The number of hydrogen-bond acceptors (Lipinski definition) is 3. The van der Waals surface area contributed by atoms with Gasteiger partial charge in [-0.25, -0.2) is 9.97 Å². The average molecular weight is 256 g/mol.